The Kier molecular flexibility index (Phi) is 5.14. The van der Waals surface area contributed by atoms with Gasteiger partial charge in [-0.1, -0.05) is 66.2 Å². The molecule has 0 bridgehead atoms. The number of halogens is 1. The summed E-state index contributed by atoms with van der Waals surface area (Å²) >= 11 is 11.6. The van der Waals surface area contributed by atoms with Crippen LogP contribution in [0, 0.1) is 0 Å². The first-order chi connectivity index (χ1) is 17.2. The molecule has 0 aliphatic carbocycles. The topological polar surface area (TPSA) is 13.1 Å². The summed E-state index contributed by atoms with van der Waals surface area (Å²) < 4.78 is 9.36. The van der Waals surface area contributed by atoms with Crippen molar-refractivity contribution < 1.29 is 4.42 Å². The van der Waals surface area contributed by atoms with E-state index in [0.29, 0.717) is 0 Å². The summed E-state index contributed by atoms with van der Waals surface area (Å²) in [6, 6.07) is 33.9. The predicted molar refractivity (Wildman–Crippen MR) is 154 cm³/mol. The zero-order valence-corrected chi connectivity index (χ0v) is 21.5. The normalized spacial score (nSPS) is 11.6. The molecule has 0 spiro atoms. The standard InChI is InChI=1S/C30H17ClOS3/c31-21-13-11-18(12-14-21)27-28(25-16-19-6-1-3-8-22(19)34-25)29(24-10-5-15-33-24)32-30(27)26-17-20-7-2-4-9-23(20)35-26/h1-17H. The van der Waals surface area contributed by atoms with Gasteiger partial charge in [0.2, 0.25) is 0 Å². The van der Waals surface area contributed by atoms with Crippen molar-refractivity contribution in [1.29, 1.82) is 0 Å². The lowest BCUT2D eigenvalue weighted by atomic mass is 9.97. The summed E-state index contributed by atoms with van der Waals surface area (Å²) in [6.07, 6.45) is 0. The lowest BCUT2D eigenvalue weighted by Crippen LogP contribution is -1.82. The van der Waals surface area contributed by atoms with Gasteiger partial charge in [-0.2, -0.15) is 0 Å². The van der Waals surface area contributed by atoms with Gasteiger partial charge in [-0.05, 0) is 64.2 Å². The van der Waals surface area contributed by atoms with E-state index >= 15 is 0 Å². The van der Waals surface area contributed by atoms with Crippen LogP contribution in [0.4, 0.5) is 0 Å². The number of furan rings is 1. The average Bonchev–Trinajstić information content (AvgIpc) is 3.67. The first-order valence-corrected chi connectivity index (χ1v) is 14.1. The Hall–Kier alpha value is -3.15. The van der Waals surface area contributed by atoms with Crippen LogP contribution in [-0.2, 0) is 0 Å². The van der Waals surface area contributed by atoms with Crippen molar-refractivity contribution in [2.24, 2.45) is 0 Å². The molecular weight excluding hydrogens is 508 g/mol. The summed E-state index contributed by atoms with van der Waals surface area (Å²) in [5.74, 6) is 1.83. The van der Waals surface area contributed by atoms with Crippen LogP contribution in [0.3, 0.4) is 0 Å². The molecule has 0 fully saturated rings. The Morgan fingerprint density at radius 1 is 0.571 bits per heavy atom. The van der Waals surface area contributed by atoms with E-state index < -0.39 is 0 Å². The first kappa shape index (κ1) is 21.2. The van der Waals surface area contributed by atoms with Gasteiger partial charge < -0.3 is 4.42 Å². The van der Waals surface area contributed by atoms with E-state index in [-0.39, 0.29) is 0 Å². The Morgan fingerprint density at radius 2 is 1.20 bits per heavy atom. The Labute approximate surface area is 219 Å². The minimum absolute atomic E-state index is 0.725. The average molecular weight is 525 g/mol. The highest BCUT2D eigenvalue weighted by molar-refractivity contribution is 7.23. The van der Waals surface area contributed by atoms with Crippen molar-refractivity contribution >= 4 is 65.8 Å². The van der Waals surface area contributed by atoms with Crippen LogP contribution in [0.25, 0.3) is 63.0 Å². The van der Waals surface area contributed by atoms with Crippen molar-refractivity contribution in [2.75, 3.05) is 0 Å². The SMILES string of the molecule is Clc1ccc(-c2c(-c3cc4ccccc4s3)oc(-c3cccs3)c2-c2cc3ccccc3s2)cc1. The van der Waals surface area contributed by atoms with Gasteiger partial charge in [0.1, 0.15) is 0 Å². The molecule has 7 rings (SSSR count). The number of thiophene rings is 3. The Bertz CT molecular complexity index is 1730. The molecule has 0 radical (unpaired) electrons. The van der Waals surface area contributed by atoms with Crippen LogP contribution >= 0.6 is 45.6 Å². The second kappa shape index (κ2) is 8.51. The summed E-state index contributed by atoms with van der Waals surface area (Å²) in [5.41, 5.74) is 3.35. The van der Waals surface area contributed by atoms with Crippen molar-refractivity contribution in [3.8, 4) is 42.8 Å². The molecule has 35 heavy (non-hydrogen) atoms. The van der Waals surface area contributed by atoms with Crippen molar-refractivity contribution in [2.45, 2.75) is 0 Å². The summed E-state index contributed by atoms with van der Waals surface area (Å²) in [6.45, 7) is 0. The second-order valence-electron chi connectivity index (χ2n) is 8.29. The third-order valence-electron chi connectivity index (χ3n) is 6.11. The van der Waals surface area contributed by atoms with Crippen LogP contribution < -0.4 is 0 Å². The molecule has 0 saturated heterocycles. The zero-order chi connectivity index (χ0) is 23.4. The quantitative estimate of drug-likeness (QED) is 0.223. The molecule has 4 aromatic heterocycles. The van der Waals surface area contributed by atoms with Crippen LogP contribution in [-0.4, -0.2) is 0 Å². The van der Waals surface area contributed by atoms with E-state index in [1.165, 1.54) is 25.0 Å². The maximum Gasteiger partial charge on any atom is 0.154 e. The third-order valence-corrected chi connectivity index (χ3v) is 9.48. The maximum atomic E-state index is 6.84. The predicted octanol–water partition coefficient (Wildman–Crippen LogP) is 11.1. The summed E-state index contributed by atoms with van der Waals surface area (Å²) in [5, 5.41) is 5.30. The molecule has 0 saturated carbocycles. The Morgan fingerprint density at radius 3 is 1.86 bits per heavy atom. The number of benzene rings is 3. The van der Waals surface area contributed by atoms with Crippen LogP contribution in [0.15, 0.2) is 107 Å². The molecule has 0 unspecified atom stereocenters. The molecule has 5 heteroatoms. The molecule has 0 amide bonds. The van der Waals surface area contributed by atoms with E-state index in [2.05, 4.69) is 90.3 Å². The molecule has 7 aromatic rings. The van der Waals surface area contributed by atoms with Gasteiger partial charge in [-0.3, -0.25) is 0 Å². The van der Waals surface area contributed by atoms with Gasteiger partial charge >= 0.3 is 0 Å². The van der Waals surface area contributed by atoms with Gasteiger partial charge in [0.25, 0.3) is 0 Å². The van der Waals surface area contributed by atoms with Gasteiger partial charge in [-0.25, -0.2) is 0 Å². The third kappa shape index (κ3) is 3.65. The largest absolute Gasteiger partial charge is 0.453 e. The van der Waals surface area contributed by atoms with E-state index in [1.54, 1.807) is 22.7 Å². The molecule has 1 nitrogen and oxygen atoms in total. The monoisotopic (exact) mass is 524 g/mol. The molecule has 0 aliphatic heterocycles. The van der Waals surface area contributed by atoms with E-state index in [4.69, 9.17) is 16.0 Å². The van der Waals surface area contributed by atoms with Gasteiger partial charge in [0.05, 0.1) is 9.75 Å². The van der Waals surface area contributed by atoms with Gasteiger partial charge in [0, 0.05) is 30.4 Å². The molecule has 3 aromatic carbocycles. The molecule has 0 aliphatic rings. The number of rotatable bonds is 4. The Balaban J connectivity index is 1.58. The highest BCUT2D eigenvalue weighted by Gasteiger charge is 2.27. The summed E-state index contributed by atoms with van der Waals surface area (Å²) in [7, 11) is 0. The van der Waals surface area contributed by atoms with Gasteiger partial charge in [0.15, 0.2) is 11.5 Å². The summed E-state index contributed by atoms with van der Waals surface area (Å²) in [4.78, 5) is 3.46. The zero-order valence-electron chi connectivity index (χ0n) is 18.3. The van der Waals surface area contributed by atoms with E-state index in [9.17, 15) is 0 Å². The van der Waals surface area contributed by atoms with Crippen LogP contribution in [0.5, 0.6) is 0 Å². The highest BCUT2D eigenvalue weighted by atomic mass is 35.5. The maximum absolute atomic E-state index is 6.84. The van der Waals surface area contributed by atoms with Crippen LogP contribution in [0.1, 0.15) is 0 Å². The van der Waals surface area contributed by atoms with Crippen molar-refractivity contribution in [3.63, 3.8) is 0 Å². The molecule has 0 N–H and O–H groups in total. The number of hydrogen-bond donors (Lipinski definition) is 0. The number of fused-ring (bicyclic) bond motifs is 2. The molecule has 168 valence electrons. The lowest BCUT2D eigenvalue weighted by Gasteiger charge is -2.06. The first-order valence-electron chi connectivity index (χ1n) is 11.2. The van der Waals surface area contributed by atoms with E-state index in [1.807, 2.05) is 23.5 Å². The van der Waals surface area contributed by atoms with Gasteiger partial charge in [-0.15, -0.1) is 34.0 Å². The smallest absolute Gasteiger partial charge is 0.154 e. The highest BCUT2D eigenvalue weighted by Crippen LogP contribution is 2.52. The molecular formula is C30H17ClOS3. The second-order valence-corrected chi connectivity index (χ2v) is 11.8. The van der Waals surface area contributed by atoms with E-state index in [0.717, 1.165) is 43.0 Å². The fourth-order valence-electron chi connectivity index (χ4n) is 4.51. The fraction of sp³-hybridized carbons (Fsp3) is 0. The fourth-order valence-corrected chi connectivity index (χ4v) is 7.51. The van der Waals surface area contributed by atoms with Crippen molar-refractivity contribution in [3.05, 3.63) is 107 Å². The number of hydrogen-bond acceptors (Lipinski definition) is 4. The lowest BCUT2D eigenvalue weighted by molar-refractivity contribution is 0.602. The minimum atomic E-state index is 0.725. The molecule has 4 heterocycles. The molecule has 0 atom stereocenters. The van der Waals surface area contributed by atoms with Crippen molar-refractivity contribution in [1.82, 2.24) is 0 Å². The van der Waals surface area contributed by atoms with Crippen LogP contribution in [0.2, 0.25) is 5.02 Å². The minimum Gasteiger partial charge on any atom is -0.453 e.